The molecule has 0 aromatic carbocycles. The number of aromatic nitrogens is 2. The van der Waals surface area contributed by atoms with E-state index in [1.165, 1.54) is 0 Å². The maximum Gasteiger partial charge on any atom is 0.234 e. The molecule has 0 radical (unpaired) electrons. The number of thiophene rings is 1. The largest absolute Gasteiger partial charge is 0.359 e. The lowest BCUT2D eigenvalue weighted by Gasteiger charge is -2.25. The Morgan fingerprint density at radius 2 is 2.15 bits per heavy atom. The Kier molecular flexibility index (Phi) is 3.95. The van der Waals surface area contributed by atoms with Gasteiger partial charge in [0.05, 0.1) is 12.0 Å². The predicted octanol–water partition coefficient (Wildman–Crippen LogP) is 4.12. The Morgan fingerprint density at radius 3 is 2.77 bits per heavy atom. The quantitative estimate of drug-likeness (QED) is 0.680. The van der Waals surface area contributed by atoms with E-state index in [-0.39, 0.29) is 11.3 Å². The van der Waals surface area contributed by atoms with Gasteiger partial charge in [0, 0.05) is 35.9 Å². The second kappa shape index (κ2) is 6.06. The average molecular weight is 367 g/mol. The van der Waals surface area contributed by atoms with Crippen LogP contribution in [-0.4, -0.2) is 28.0 Å². The van der Waals surface area contributed by atoms with Crippen LogP contribution >= 0.6 is 11.3 Å². The molecule has 4 rings (SSSR count). The molecule has 3 heterocycles. The van der Waals surface area contributed by atoms with Gasteiger partial charge in [-0.15, -0.1) is 11.3 Å². The molecular weight excluding hydrogens is 346 g/mol. The number of hydrogen-bond acceptors (Lipinski definition) is 5. The summed E-state index contributed by atoms with van der Waals surface area (Å²) in [4.78, 5) is 20.3. The summed E-state index contributed by atoms with van der Waals surface area (Å²) in [6.45, 7) is 4.72. The van der Waals surface area contributed by atoms with E-state index >= 15 is 0 Å². The number of likely N-dealkylation sites (N-methyl/N-ethyl adjacent to an activating group) is 1. The monoisotopic (exact) mass is 367 g/mol. The Morgan fingerprint density at radius 1 is 1.35 bits per heavy atom. The van der Waals surface area contributed by atoms with Crippen molar-refractivity contribution in [3.05, 3.63) is 58.7 Å². The number of nitrogens with zero attached hydrogens (tertiary/aromatic N) is 3. The van der Waals surface area contributed by atoms with Crippen LogP contribution in [0.4, 0.5) is 0 Å². The summed E-state index contributed by atoms with van der Waals surface area (Å²) < 4.78 is 5.45. The molecule has 5 nitrogen and oxygen atoms in total. The number of hydrogen-bond donors (Lipinski definition) is 0. The van der Waals surface area contributed by atoms with Gasteiger partial charge in [0.2, 0.25) is 5.91 Å². The van der Waals surface area contributed by atoms with Crippen LogP contribution in [0.15, 0.2) is 52.6 Å². The minimum atomic E-state index is -0.415. The topological polar surface area (TPSA) is 59.2 Å². The Hall–Kier alpha value is -2.47. The molecule has 3 aromatic rings. The molecule has 1 amide bonds. The summed E-state index contributed by atoms with van der Waals surface area (Å²) in [5.41, 5.74) is 1.19. The van der Waals surface area contributed by atoms with Crippen LogP contribution in [0.5, 0.6) is 0 Å². The third-order valence-corrected chi connectivity index (χ3v) is 6.33. The lowest BCUT2D eigenvalue weighted by atomic mass is 9.92. The standard InChI is InChI=1S/C20H21N3O2S/c1-19(2)13-20(19,17-7-5-9-26-17)18(24)23(3)12-15-10-16(22-25-15)14-6-4-8-21-11-14/h4-11H,12-13H2,1-3H3/t20-/m1/s1. The number of carbonyl (C=O) groups excluding carboxylic acids is 1. The summed E-state index contributed by atoms with van der Waals surface area (Å²) in [6.07, 6.45) is 4.34. The molecule has 6 heteroatoms. The molecule has 0 aliphatic heterocycles. The zero-order valence-electron chi connectivity index (χ0n) is 15.1. The Labute approximate surface area is 156 Å². The van der Waals surface area contributed by atoms with E-state index in [0.717, 1.165) is 22.6 Å². The summed E-state index contributed by atoms with van der Waals surface area (Å²) >= 11 is 1.66. The first-order chi connectivity index (χ1) is 12.4. The minimum absolute atomic E-state index is 0.0223. The Balaban J connectivity index is 1.53. The third kappa shape index (κ3) is 2.65. The predicted molar refractivity (Wildman–Crippen MR) is 101 cm³/mol. The van der Waals surface area contributed by atoms with E-state index in [1.807, 2.05) is 36.7 Å². The number of amides is 1. The molecule has 1 aliphatic rings. The van der Waals surface area contributed by atoms with Crippen LogP contribution in [0.1, 0.15) is 30.9 Å². The molecule has 1 saturated carbocycles. The normalized spacial score (nSPS) is 20.7. The van der Waals surface area contributed by atoms with Gasteiger partial charge in [0.25, 0.3) is 0 Å². The first-order valence-electron chi connectivity index (χ1n) is 8.60. The molecule has 1 fully saturated rings. The molecule has 1 atom stereocenters. The van der Waals surface area contributed by atoms with E-state index in [9.17, 15) is 4.79 Å². The number of carbonyl (C=O) groups is 1. The molecule has 0 unspecified atom stereocenters. The van der Waals surface area contributed by atoms with Gasteiger partial charge < -0.3 is 9.42 Å². The molecule has 134 valence electrons. The zero-order valence-corrected chi connectivity index (χ0v) is 15.9. The summed E-state index contributed by atoms with van der Waals surface area (Å²) in [5, 5.41) is 6.14. The van der Waals surface area contributed by atoms with Gasteiger partial charge in [-0.25, -0.2) is 0 Å². The molecule has 26 heavy (non-hydrogen) atoms. The first-order valence-corrected chi connectivity index (χ1v) is 9.47. The maximum absolute atomic E-state index is 13.3. The molecule has 0 spiro atoms. The van der Waals surface area contributed by atoms with E-state index in [1.54, 1.807) is 28.6 Å². The first kappa shape index (κ1) is 17.0. The van der Waals surface area contributed by atoms with E-state index < -0.39 is 5.41 Å². The van der Waals surface area contributed by atoms with E-state index in [2.05, 4.69) is 30.1 Å². The molecule has 0 saturated heterocycles. The second-order valence-electron chi connectivity index (χ2n) is 7.52. The fraction of sp³-hybridized carbons (Fsp3) is 0.350. The van der Waals surface area contributed by atoms with Crippen LogP contribution in [0, 0.1) is 5.41 Å². The smallest absolute Gasteiger partial charge is 0.234 e. The van der Waals surface area contributed by atoms with Gasteiger partial charge in [-0.3, -0.25) is 9.78 Å². The van der Waals surface area contributed by atoms with Crippen molar-refractivity contribution in [3.63, 3.8) is 0 Å². The van der Waals surface area contributed by atoms with Crippen molar-refractivity contribution >= 4 is 17.2 Å². The lowest BCUT2D eigenvalue weighted by molar-refractivity contribution is -0.134. The fourth-order valence-electron chi connectivity index (χ4n) is 3.70. The minimum Gasteiger partial charge on any atom is -0.359 e. The van der Waals surface area contributed by atoms with Crippen molar-refractivity contribution in [1.29, 1.82) is 0 Å². The molecule has 0 bridgehead atoms. The van der Waals surface area contributed by atoms with Crippen LogP contribution in [0.3, 0.4) is 0 Å². The number of pyridine rings is 1. The van der Waals surface area contributed by atoms with Crippen molar-refractivity contribution in [3.8, 4) is 11.3 Å². The van der Waals surface area contributed by atoms with Gasteiger partial charge in [-0.05, 0) is 35.4 Å². The van der Waals surface area contributed by atoms with Crippen molar-refractivity contribution < 1.29 is 9.32 Å². The lowest BCUT2D eigenvalue weighted by Crippen LogP contribution is -2.38. The highest BCUT2D eigenvalue weighted by Crippen LogP contribution is 2.66. The SMILES string of the molecule is CN(Cc1cc(-c2cccnc2)no1)C(=O)[C@]1(c2cccs2)CC1(C)C. The van der Waals surface area contributed by atoms with Crippen LogP contribution < -0.4 is 0 Å². The highest BCUT2D eigenvalue weighted by molar-refractivity contribution is 7.10. The molecule has 0 N–H and O–H groups in total. The fourth-order valence-corrected chi connectivity index (χ4v) is 4.80. The third-order valence-electron chi connectivity index (χ3n) is 5.30. The number of rotatable bonds is 5. The van der Waals surface area contributed by atoms with Crippen molar-refractivity contribution in [2.45, 2.75) is 32.2 Å². The van der Waals surface area contributed by atoms with Gasteiger partial charge in [-0.2, -0.15) is 0 Å². The van der Waals surface area contributed by atoms with Crippen LogP contribution in [0.25, 0.3) is 11.3 Å². The van der Waals surface area contributed by atoms with E-state index in [0.29, 0.717) is 12.3 Å². The van der Waals surface area contributed by atoms with E-state index in [4.69, 9.17) is 4.52 Å². The average Bonchev–Trinajstić information content (AvgIpc) is 3.08. The van der Waals surface area contributed by atoms with Crippen LogP contribution in [0.2, 0.25) is 0 Å². The summed E-state index contributed by atoms with van der Waals surface area (Å²) in [5.74, 6) is 0.809. The van der Waals surface area contributed by atoms with Gasteiger partial charge >= 0.3 is 0 Å². The zero-order chi connectivity index (χ0) is 18.4. The molecule has 1 aliphatic carbocycles. The summed E-state index contributed by atoms with van der Waals surface area (Å²) in [6, 6.07) is 9.75. The molecule has 3 aromatic heterocycles. The van der Waals surface area contributed by atoms with Crippen LogP contribution in [-0.2, 0) is 16.8 Å². The summed E-state index contributed by atoms with van der Waals surface area (Å²) in [7, 11) is 1.83. The Bertz CT molecular complexity index is 918. The van der Waals surface area contributed by atoms with Gasteiger partial charge in [-0.1, -0.05) is 25.1 Å². The second-order valence-corrected chi connectivity index (χ2v) is 8.47. The highest BCUT2D eigenvalue weighted by Gasteiger charge is 2.68. The van der Waals surface area contributed by atoms with Crippen molar-refractivity contribution in [2.24, 2.45) is 5.41 Å². The molecular formula is C20H21N3O2S. The van der Waals surface area contributed by atoms with Crippen molar-refractivity contribution in [2.75, 3.05) is 7.05 Å². The van der Waals surface area contributed by atoms with Gasteiger partial charge in [0.1, 0.15) is 5.69 Å². The maximum atomic E-state index is 13.3. The highest BCUT2D eigenvalue weighted by atomic mass is 32.1. The van der Waals surface area contributed by atoms with Crippen molar-refractivity contribution in [1.82, 2.24) is 15.0 Å². The van der Waals surface area contributed by atoms with Gasteiger partial charge in [0.15, 0.2) is 5.76 Å².